The lowest BCUT2D eigenvalue weighted by molar-refractivity contribution is 0.000484. The molecule has 6 heteroatoms. The number of furan rings is 1. The Morgan fingerprint density at radius 2 is 2.04 bits per heavy atom. The first-order valence-electron chi connectivity index (χ1n) is 7.91. The topological polar surface area (TPSA) is 55.1 Å². The van der Waals surface area contributed by atoms with Gasteiger partial charge in [0.15, 0.2) is 0 Å². The van der Waals surface area contributed by atoms with Gasteiger partial charge < -0.3 is 19.0 Å². The quantitative estimate of drug-likeness (QED) is 0.683. The van der Waals surface area contributed by atoms with E-state index in [0.717, 1.165) is 11.3 Å². The van der Waals surface area contributed by atoms with Gasteiger partial charge >= 0.3 is 0 Å². The van der Waals surface area contributed by atoms with E-state index in [0.29, 0.717) is 32.8 Å². The minimum absolute atomic E-state index is 0.216. The third-order valence-corrected chi connectivity index (χ3v) is 3.53. The standard InChI is InChI=1S/C18H24FNO4/c1-22-10-8-20(11-15-4-6-16(19)7-5-15)12-17(21)13-23-14-18-3-2-9-24-18/h2-7,9,17,21H,8,10-14H2,1H3. The molecule has 0 saturated heterocycles. The first-order valence-corrected chi connectivity index (χ1v) is 7.91. The van der Waals surface area contributed by atoms with Gasteiger partial charge in [0.25, 0.3) is 0 Å². The number of aliphatic hydroxyl groups is 1. The molecule has 1 aromatic carbocycles. The van der Waals surface area contributed by atoms with Gasteiger partial charge in [-0.1, -0.05) is 12.1 Å². The zero-order valence-electron chi connectivity index (χ0n) is 13.9. The normalized spacial score (nSPS) is 12.7. The van der Waals surface area contributed by atoms with Crippen LogP contribution in [0.1, 0.15) is 11.3 Å². The van der Waals surface area contributed by atoms with Gasteiger partial charge in [-0.25, -0.2) is 4.39 Å². The van der Waals surface area contributed by atoms with Gasteiger partial charge in [-0.3, -0.25) is 4.90 Å². The van der Waals surface area contributed by atoms with Crippen molar-refractivity contribution in [3.05, 3.63) is 59.8 Å². The predicted molar refractivity (Wildman–Crippen MR) is 87.9 cm³/mol. The Labute approximate surface area is 141 Å². The highest BCUT2D eigenvalue weighted by molar-refractivity contribution is 5.15. The summed E-state index contributed by atoms with van der Waals surface area (Å²) in [4.78, 5) is 2.05. The maximum absolute atomic E-state index is 13.0. The van der Waals surface area contributed by atoms with Crippen molar-refractivity contribution in [2.45, 2.75) is 19.3 Å². The van der Waals surface area contributed by atoms with Crippen molar-refractivity contribution in [2.24, 2.45) is 0 Å². The lowest BCUT2D eigenvalue weighted by atomic mass is 10.2. The highest BCUT2D eigenvalue weighted by Gasteiger charge is 2.13. The Bertz CT molecular complexity index is 559. The minimum atomic E-state index is -0.628. The highest BCUT2D eigenvalue weighted by atomic mass is 19.1. The van der Waals surface area contributed by atoms with Crippen LogP contribution in [0.15, 0.2) is 47.1 Å². The van der Waals surface area contributed by atoms with E-state index in [1.54, 1.807) is 31.6 Å². The van der Waals surface area contributed by atoms with E-state index in [9.17, 15) is 9.50 Å². The second-order valence-electron chi connectivity index (χ2n) is 5.60. The number of rotatable bonds is 11. The molecule has 5 nitrogen and oxygen atoms in total. The van der Waals surface area contributed by atoms with Gasteiger partial charge in [-0.05, 0) is 29.8 Å². The minimum Gasteiger partial charge on any atom is -0.467 e. The van der Waals surface area contributed by atoms with E-state index in [-0.39, 0.29) is 12.4 Å². The van der Waals surface area contributed by atoms with Crippen LogP contribution in [0.5, 0.6) is 0 Å². The van der Waals surface area contributed by atoms with Crippen LogP contribution in [0.25, 0.3) is 0 Å². The molecule has 0 spiro atoms. The van der Waals surface area contributed by atoms with Crippen molar-refractivity contribution >= 4 is 0 Å². The van der Waals surface area contributed by atoms with E-state index >= 15 is 0 Å². The first kappa shape index (κ1) is 18.6. The highest BCUT2D eigenvalue weighted by Crippen LogP contribution is 2.08. The smallest absolute Gasteiger partial charge is 0.129 e. The van der Waals surface area contributed by atoms with Crippen LogP contribution in [0.2, 0.25) is 0 Å². The molecule has 0 aliphatic rings. The zero-order valence-corrected chi connectivity index (χ0v) is 13.9. The van der Waals surface area contributed by atoms with E-state index in [1.165, 1.54) is 12.1 Å². The maximum atomic E-state index is 13.0. The van der Waals surface area contributed by atoms with Gasteiger partial charge in [-0.15, -0.1) is 0 Å². The number of ether oxygens (including phenoxy) is 2. The fourth-order valence-corrected chi connectivity index (χ4v) is 2.34. The zero-order chi connectivity index (χ0) is 17.2. The number of hydrogen-bond donors (Lipinski definition) is 1. The Hall–Kier alpha value is -1.73. The van der Waals surface area contributed by atoms with Crippen LogP contribution < -0.4 is 0 Å². The van der Waals surface area contributed by atoms with E-state index in [2.05, 4.69) is 4.90 Å². The Morgan fingerprint density at radius 1 is 1.25 bits per heavy atom. The molecule has 0 aliphatic carbocycles. The Kier molecular flexibility index (Phi) is 7.91. The first-order chi connectivity index (χ1) is 11.7. The van der Waals surface area contributed by atoms with Gasteiger partial charge in [0.1, 0.15) is 18.2 Å². The number of aliphatic hydroxyl groups excluding tert-OH is 1. The number of hydrogen-bond acceptors (Lipinski definition) is 5. The lowest BCUT2D eigenvalue weighted by Crippen LogP contribution is -2.36. The third kappa shape index (κ3) is 6.80. The Morgan fingerprint density at radius 3 is 2.71 bits per heavy atom. The summed E-state index contributed by atoms with van der Waals surface area (Å²) in [6.07, 6.45) is 0.960. The molecule has 1 aromatic heterocycles. The van der Waals surface area contributed by atoms with Gasteiger partial charge in [0.2, 0.25) is 0 Å². The summed E-state index contributed by atoms with van der Waals surface area (Å²) in [5, 5.41) is 10.2. The summed E-state index contributed by atoms with van der Waals surface area (Å²) in [6, 6.07) is 9.99. The molecule has 2 aromatic rings. The van der Waals surface area contributed by atoms with Crippen molar-refractivity contribution in [3.8, 4) is 0 Å². The summed E-state index contributed by atoms with van der Waals surface area (Å²) in [7, 11) is 1.64. The van der Waals surface area contributed by atoms with Crippen LogP contribution in [0.4, 0.5) is 4.39 Å². The lowest BCUT2D eigenvalue weighted by Gasteiger charge is -2.25. The van der Waals surface area contributed by atoms with Crippen LogP contribution in [0.3, 0.4) is 0 Å². The summed E-state index contributed by atoms with van der Waals surface area (Å²) in [5.41, 5.74) is 0.983. The second-order valence-corrected chi connectivity index (χ2v) is 5.60. The molecule has 24 heavy (non-hydrogen) atoms. The number of nitrogens with zero attached hydrogens (tertiary/aromatic N) is 1. The molecule has 0 aliphatic heterocycles. The van der Waals surface area contributed by atoms with Crippen molar-refractivity contribution < 1.29 is 23.4 Å². The van der Waals surface area contributed by atoms with Crippen molar-refractivity contribution in [1.29, 1.82) is 0 Å². The van der Waals surface area contributed by atoms with Gasteiger partial charge in [0.05, 0.1) is 25.6 Å². The maximum Gasteiger partial charge on any atom is 0.129 e. The van der Waals surface area contributed by atoms with Gasteiger partial charge in [-0.2, -0.15) is 0 Å². The average Bonchev–Trinajstić information content (AvgIpc) is 3.08. The van der Waals surface area contributed by atoms with Crippen LogP contribution in [-0.4, -0.2) is 49.5 Å². The van der Waals surface area contributed by atoms with Crippen LogP contribution in [0, 0.1) is 5.82 Å². The molecule has 0 bridgehead atoms. The number of benzene rings is 1. The predicted octanol–water partition coefficient (Wildman–Crippen LogP) is 2.44. The molecule has 1 atom stereocenters. The van der Waals surface area contributed by atoms with E-state index < -0.39 is 6.10 Å². The van der Waals surface area contributed by atoms with Gasteiger partial charge in [0, 0.05) is 26.7 Å². The fraction of sp³-hybridized carbons (Fsp3) is 0.444. The molecule has 1 N–H and O–H groups in total. The molecular formula is C18H24FNO4. The van der Waals surface area contributed by atoms with Crippen LogP contribution >= 0.6 is 0 Å². The fourth-order valence-electron chi connectivity index (χ4n) is 2.34. The third-order valence-electron chi connectivity index (χ3n) is 3.53. The summed E-state index contributed by atoms with van der Waals surface area (Å²) < 4.78 is 28.7. The average molecular weight is 337 g/mol. The molecule has 2 rings (SSSR count). The summed E-state index contributed by atoms with van der Waals surface area (Å²) in [6.45, 7) is 2.83. The van der Waals surface area contributed by atoms with Crippen molar-refractivity contribution in [2.75, 3.05) is 33.4 Å². The largest absolute Gasteiger partial charge is 0.467 e. The van der Waals surface area contributed by atoms with Crippen molar-refractivity contribution in [3.63, 3.8) is 0 Å². The summed E-state index contributed by atoms with van der Waals surface area (Å²) in [5.74, 6) is 0.471. The van der Waals surface area contributed by atoms with Crippen molar-refractivity contribution in [1.82, 2.24) is 4.90 Å². The molecule has 0 saturated carbocycles. The molecule has 0 radical (unpaired) electrons. The second kappa shape index (κ2) is 10.2. The Balaban J connectivity index is 1.79. The van der Waals surface area contributed by atoms with E-state index in [1.807, 2.05) is 6.07 Å². The number of methoxy groups -OCH3 is 1. The molecule has 1 unspecified atom stereocenters. The monoisotopic (exact) mass is 337 g/mol. The SMILES string of the molecule is COCCN(Cc1ccc(F)cc1)CC(O)COCc1ccco1. The van der Waals surface area contributed by atoms with E-state index in [4.69, 9.17) is 13.9 Å². The summed E-state index contributed by atoms with van der Waals surface area (Å²) >= 11 is 0. The molecule has 1 heterocycles. The molecule has 0 fully saturated rings. The molecule has 132 valence electrons. The molecule has 0 amide bonds. The molecular weight excluding hydrogens is 313 g/mol. The number of halogens is 1. The van der Waals surface area contributed by atoms with Crippen LogP contribution in [-0.2, 0) is 22.6 Å².